The van der Waals surface area contributed by atoms with Gasteiger partial charge in [-0.1, -0.05) is 26.2 Å². The summed E-state index contributed by atoms with van der Waals surface area (Å²) >= 11 is 0. The van der Waals surface area contributed by atoms with E-state index in [1.54, 1.807) is 0 Å². The van der Waals surface area contributed by atoms with Gasteiger partial charge >= 0.3 is 0 Å². The van der Waals surface area contributed by atoms with Crippen molar-refractivity contribution >= 4 is 0 Å². The predicted octanol–water partition coefficient (Wildman–Crippen LogP) is 3.99. The summed E-state index contributed by atoms with van der Waals surface area (Å²) in [5.74, 6) is 2.95. The summed E-state index contributed by atoms with van der Waals surface area (Å²) in [6, 6.07) is 2.51. The fraction of sp³-hybridized carbons (Fsp3) is 1.00. The second-order valence-corrected chi connectivity index (χ2v) is 8.75. The van der Waals surface area contributed by atoms with Crippen LogP contribution in [0.4, 0.5) is 0 Å². The Labute approximate surface area is 129 Å². The Kier molecular flexibility index (Phi) is 3.16. The van der Waals surface area contributed by atoms with E-state index in [1.165, 1.54) is 64.2 Å². The molecule has 3 aliphatic carbocycles. The van der Waals surface area contributed by atoms with Gasteiger partial charge in [0, 0.05) is 18.1 Å². The maximum Gasteiger partial charge on any atom is 0.0737 e. The molecule has 3 saturated carbocycles. The quantitative estimate of drug-likeness (QED) is 0.668. The van der Waals surface area contributed by atoms with E-state index in [0.717, 1.165) is 35.9 Å². The van der Waals surface area contributed by atoms with Crippen LogP contribution in [0.25, 0.3) is 0 Å². The number of nitrogens with zero attached hydrogens (tertiary/aromatic N) is 1. The van der Waals surface area contributed by atoms with Gasteiger partial charge in [-0.3, -0.25) is 4.90 Å². The molecule has 8 unspecified atom stereocenters. The maximum absolute atomic E-state index is 6.67. The fourth-order valence-corrected chi connectivity index (χ4v) is 6.93. The van der Waals surface area contributed by atoms with Gasteiger partial charge in [-0.25, -0.2) is 0 Å². The average Bonchev–Trinajstić information content (AvgIpc) is 2.84. The van der Waals surface area contributed by atoms with Gasteiger partial charge in [-0.05, 0) is 62.7 Å². The van der Waals surface area contributed by atoms with E-state index in [1.807, 2.05) is 0 Å². The lowest BCUT2D eigenvalue weighted by molar-refractivity contribution is -0.177. The number of rotatable bonds is 0. The van der Waals surface area contributed by atoms with E-state index in [2.05, 4.69) is 11.8 Å². The molecule has 0 N–H and O–H groups in total. The number of morpholine rings is 1. The van der Waals surface area contributed by atoms with Crippen LogP contribution in [-0.2, 0) is 4.74 Å². The van der Waals surface area contributed by atoms with Gasteiger partial charge in [0.05, 0.1) is 12.2 Å². The van der Waals surface area contributed by atoms with Crippen LogP contribution < -0.4 is 0 Å². The summed E-state index contributed by atoms with van der Waals surface area (Å²) in [6.45, 7) is 2.49. The number of hydrogen-bond donors (Lipinski definition) is 0. The molecule has 5 rings (SSSR count). The predicted molar refractivity (Wildman–Crippen MR) is 84.2 cm³/mol. The minimum atomic E-state index is 0.580. The van der Waals surface area contributed by atoms with Crippen LogP contribution in [0, 0.1) is 17.8 Å². The van der Waals surface area contributed by atoms with Crippen molar-refractivity contribution in [3.05, 3.63) is 0 Å². The highest BCUT2D eigenvalue weighted by atomic mass is 16.5. The van der Waals surface area contributed by atoms with Crippen LogP contribution >= 0.6 is 0 Å². The highest BCUT2D eigenvalue weighted by Crippen LogP contribution is 2.55. The van der Waals surface area contributed by atoms with Crippen molar-refractivity contribution in [2.75, 3.05) is 0 Å². The zero-order valence-electron chi connectivity index (χ0n) is 13.5. The van der Waals surface area contributed by atoms with Crippen LogP contribution in [0.2, 0.25) is 0 Å². The summed E-state index contributed by atoms with van der Waals surface area (Å²) in [5.41, 5.74) is 0. The third-order valence-corrected chi connectivity index (χ3v) is 7.65. The van der Waals surface area contributed by atoms with Crippen molar-refractivity contribution in [3.63, 3.8) is 0 Å². The summed E-state index contributed by atoms with van der Waals surface area (Å²) in [6.07, 6.45) is 15.5. The van der Waals surface area contributed by atoms with Gasteiger partial charge < -0.3 is 4.74 Å². The monoisotopic (exact) mass is 289 g/mol. The van der Waals surface area contributed by atoms with E-state index in [9.17, 15) is 0 Å². The highest BCUT2D eigenvalue weighted by Gasteiger charge is 2.59. The molecule has 0 bridgehead atoms. The van der Waals surface area contributed by atoms with Gasteiger partial charge in [-0.2, -0.15) is 0 Å². The van der Waals surface area contributed by atoms with E-state index in [4.69, 9.17) is 4.74 Å². The van der Waals surface area contributed by atoms with Crippen molar-refractivity contribution in [2.45, 2.75) is 101 Å². The molecule has 2 saturated heterocycles. The molecule has 5 fully saturated rings. The van der Waals surface area contributed by atoms with E-state index >= 15 is 0 Å². The van der Waals surface area contributed by atoms with E-state index < -0.39 is 0 Å². The largest absolute Gasteiger partial charge is 0.372 e. The second-order valence-electron chi connectivity index (χ2n) is 8.75. The highest BCUT2D eigenvalue weighted by molar-refractivity contribution is 5.11. The third-order valence-electron chi connectivity index (χ3n) is 7.65. The van der Waals surface area contributed by atoms with Crippen LogP contribution in [0.5, 0.6) is 0 Å². The summed E-state index contributed by atoms with van der Waals surface area (Å²) in [7, 11) is 0. The molecule has 2 heterocycles. The molecule has 21 heavy (non-hydrogen) atoms. The molecule has 0 aromatic heterocycles. The van der Waals surface area contributed by atoms with Crippen molar-refractivity contribution in [2.24, 2.45) is 17.8 Å². The van der Waals surface area contributed by atoms with Crippen LogP contribution in [0.1, 0.15) is 71.1 Å². The molecule has 0 aromatic rings. The van der Waals surface area contributed by atoms with Crippen molar-refractivity contribution in [1.29, 1.82) is 0 Å². The number of ether oxygens (including phenoxy) is 1. The molecular weight excluding hydrogens is 258 g/mol. The van der Waals surface area contributed by atoms with E-state index in [-0.39, 0.29) is 0 Å². The Bertz CT molecular complexity index is 410. The lowest BCUT2D eigenvalue weighted by Gasteiger charge is -2.53. The van der Waals surface area contributed by atoms with Crippen LogP contribution in [0.3, 0.4) is 0 Å². The first-order chi connectivity index (χ1) is 10.3. The molecule has 2 heteroatoms. The summed E-state index contributed by atoms with van der Waals surface area (Å²) in [5, 5.41) is 0. The molecule has 8 atom stereocenters. The first-order valence-corrected chi connectivity index (χ1v) is 9.76. The van der Waals surface area contributed by atoms with Crippen molar-refractivity contribution in [1.82, 2.24) is 4.90 Å². The van der Waals surface area contributed by atoms with Gasteiger partial charge in [0.2, 0.25) is 0 Å². The maximum atomic E-state index is 6.67. The Morgan fingerprint density at radius 2 is 1.62 bits per heavy atom. The lowest BCUT2D eigenvalue weighted by Crippen LogP contribution is -2.63. The van der Waals surface area contributed by atoms with Crippen molar-refractivity contribution in [3.8, 4) is 0 Å². The summed E-state index contributed by atoms with van der Waals surface area (Å²) in [4.78, 5) is 3.07. The Morgan fingerprint density at radius 3 is 2.57 bits per heavy atom. The summed E-state index contributed by atoms with van der Waals surface area (Å²) < 4.78 is 6.67. The first kappa shape index (κ1) is 13.4. The molecule has 0 aromatic carbocycles. The van der Waals surface area contributed by atoms with E-state index in [0.29, 0.717) is 12.2 Å². The van der Waals surface area contributed by atoms with Crippen LogP contribution in [0.15, 0.2) is 0 Å². The zero-order chi connectivity index (χ0) is 14.0. The number of hydrogen-bond acceptors (Lipinski definition) is 2. The zero-order valence-corrected chi connectivity index (χ0v) is 13.5. The number of fused-ring (bicyclic) bond motifs is 5. The van der Waals surface area contributed by atoms with Gasteiger partial charge in [-0.15, -0.1) is 0 Å². The lowest BCUT2D eigenvalue weighted by atomic mass is 9.70. The Morgan fingerprint density at radius 1 is 0.762 bits per heavy atom. The Balaban J connectivity index is 1.51. The van der Waals surface area contributed by atoms with Crippen molar-refractivity contribution < 1.29 is 4.74 Å². The molecule has 2 aliphatic heterocycles. The smallest absolute Gasteiger partial charge is 0.0737 e. The Hall–Kier alpha value is -0.0800. The first-order valence-electron chi connectivity index (χ1n) is 9.76. The molecule has 0 spiro atoms. The molecule has 118 valence electrons. The molecule has 2 nitrogen and oxygen atoms in total. The minimum Gasteiger partial charge on any atom is -0.372 e. The fourth-order valence-electron chi connectivity index (χ4n) is 6.93. The average molecular weight is 289 g/mol. The molecule has 5 aliphatic rings. The normalized spacial score (nSPS) is 56.4. The van der Waals surface area contributed by atoms with Crippen LogP contribution in [-0.4, -0.2) is 35.2 Å². The third kappa shape index (κ3) is 1.91. The van der Waals surface area contributed by atoms with Gasteiger partial charge in [0.1, 0.15) is 0 Å². The SMILES string of the molecule is CC1CCC2C(C1)C1CCCC3OC4CCCCC4N2C31. The standard InChI is InChI=1S/C19H31NO/c1-12-9-10-15-14(11-12)13-5-4-8-18-19(13)20(15)16-6-2-3-7-17(16)21-18/h12-19H,2-11H2,1H3. The second kappa shape index (κ2) is 4.96. The van der Waals surface area contributed by atoms with Gasteiger partial charge in [0.15, 0.2) is 0 Å². The topological polar surface area (TPSA) is 12.5 Å². The minimum absolute atomic E-state index is 0.580. The molecular formula is C19H31NO. The molecule has 0 radical (unpaired) electrons. The molecule has 0 amide bonds. The van der Waals surface area contributed by atoms with Gasteiger partial charge in [0.25, 0.3) is 0 Å².